The second kappa shape index (κ2) is 9.93. The Labute approximate surface area is 202 Å². The van der Waals surface area contributed by atoms with E-state index in [0.717, 1.165) is 29.7 Å². The first kappa shape index (κ1) is 23.9. The molecular formula is C26H28N2O5S. The van der Waals surface area contributed by atoms with Gasteiger partial charge in [0.25, 0.3) is 5.91 Å². The average molecular weight is 481 g/mol. The van der Waals surface area contributed by atoms with Crippen molar-refractivity contribution < 1.29 is 23.9 Å². The number of carbonyl (C=O) groups excluding carboxylic acids is 3. The molecular weight excluding hydrogens is 452 g/mol. The van der Waals surface area contributed by atoms with Gasteiger partial charge in [-0.2, -0.15) is 0 Å². The number of ether oxygens (including phenoxy) is 2. The van der Waals surface area contributed by atoms with Gasteiger partial charge in [-0.1, -0.05) is 25.1 Å². The van der Waals surface area contributed by atoms with Crippen LogP contribution in [-0.2, 0) is 27.1 Å². The second-order valence-corrected chi connectivity index (χ2v) is 10.1. The molecule has 0 aliphatic heterocycles. The van der Waals surface area contributed by atoms with E-state index in [1.54, 1.807) is 32.9 Å². The molecule has 178 valence electrons. The third-order valence-electron chi connectivity index (χ3n) is 5.71. The Morgan fingerprint density at radius 3 is 2.74 bits per heavy atom. The van der Waals surface area contributed by atoms with Gasteiger partial charge in [-0.15, -0.1) is 11.3 Å². The number of benzene rings is 1. The average Bonchev–Trinajstić information content (AvgIpc) is 3.13. The highest BCUT2D eigenvalue weighted by Gasteiger charge is 2.30. The standard InChI is InChI=1S/C26H28N2O5S/c1-14(2)33-26(31)23-18-10-9-15(3)11-21(18)34-24(23)28-22(29)13-32-25(30)19-12-16(4)27-20-8-6-5-7-17(19)20/h5-8,12,14-15H,9-11,13H2,1-4H3,(H,28,29). The van der Waals surface area contributed by atoms with Crippen molar-refractivity contribution in [2.75, 3.05) is 11.9 Å². The van der Waals surface area contributed by atoms with E-state index in [4.69, 9.17) is 9.47 Å². The Morgan fingerprint density at radius 1 is 1.21 bits per heavy atom. The van der Waals surface area contributed by atoms with E-state index in [1.165, 1.54) is 11.3 Å². The topological polar surface area (TPSA) is 94.6 Å². The Kier molecular flexibility index (Phi) is 6.97. The molecule has 0 fully saturated rings. The fourth-order valence-corrected chi connectivity index (χ4v) is 5.59. The molecule has 3 aromatic rings. The first-order valence-electron chi connectivity index (χ1n) is 11.4. The summed E-state index contributed by atoms with van der Waals surface area (Å²) in [7, 11) is 0. The number of nitrogens with zero attached hydrogens (tertiary/aromatic N) is 1. The molecule has 2 aromatic heterocycles. The van der Waals surface area contributed by atoms with Crippen LogP contribution in [0.1, 0.15) is 64.0 Å². The number of amides is 1. The van der Waals surface area contributed by atoms with E-state index in [0.29, 0.717) is 38.6 Å². The smallest absolute Gasteiger partial charge is 0.341 e. The summed E-state index contributed by atoms with van der Waals surface area (Å²) in [5.74, 6) is -1.03. The normalized spacial score (nSPS) is 15.1. The summed E-state index contributed by atoms with van der Waals surface area (Å²) >= 11 is 1.40. The van der Waals surface area contributed by atoms with Crippen LogP contribution in [0.5, 0.6) is 0 Å². The van der Waals surface area contributed by atoms with E-state index in [-0.39, 0.29) is 6.10 Å². The molecule has 1 N–H and O–H groups in total. The molecule has 2 heterocycles. The molecule has 34 heavy (non-hydrogen) atoms. The zero-order valence-electron chi connectivity index (χ0n) is 19.8. The number of nitrogens with one attached hydrogen (secondary N) is 1. The molecule has 1 aliphatic carbocycles. The number of pyridine rings is 1. The zero-order chi connectivity index (χ0) is 24.4. The van der Waals surface area contributed by atoms with Gasteiger partial charge in [0.2, 0.25) is 0 Å². The first-order valence-corrected chi connectivity index (χ1v) is 12.2. The van der Waals surface area contributed by atoms with E-state index < -0.39 is 24.5 Å². The summed E-state index contributed by atoms with van der Waals surface area (Å²) < 4.78 is 10.8. The number of aromatic nitrogens is 1. The monoisotopic (exact) mass is 480 g/mol. The van der Waals surface area contributed by atoms with Crippen LogP contribution in [0.4, 0.5) is 5.00 Å². The van der Waals surface area contributed by atoms with E-state index in [1.807, 2.05) is 18.2 Å². The van der Waals surface area contributed by atoms with Crippen molar-refractivity contribution in [2.45, 2.75) is 53.1 Å². The van der Waals surface area contributed by atoms with E-state index in [2.05, 4.69) is 17.2 Å². The summed E-state index contributed by atoms with van der Waals surface area (Å²) in [5.41, 5.74) is 3.11. The number of anilines is 1. The van der Waals surface area contributed by atoms with Gasteiger partial charge in [-0.05, 0) is 63.6 Å². The van der Waals surface area contributed by atoms with Gasteiger partial charge in [0, 0.05) is 16.0 Å². The number of carbonyl (C=O) groups is 3. The van der Waals surface area contributed by atoms with Crippen molar-refractivity contribution in [3.63, 3.8) is 0 Å². The minimum atomic E-state index is -0.601. The van der Waals surface area contributed by atoms with Gasteiger partial charge < -0.3 is 14.8 Å². The summed E-state index contributed by atoms with van der Waals surface area (Å²) in [6.07, 6.45) is 2.35. The molecule has 8 heteroatoms. The molecule has 0 saturated carbocycles. The lowest BCUT2D eigenvalue weighted by Gasteiger charge is -2.18. The predicted octanol–water partition coefficient (Wildman–Crippen LogP) is 5.09. The zero-order valence-corrected chi connectivity index (χ0v) is 20.6. The number of para-hydroxylation sites is 1. The van der Waals surface area contributed by atoms with Gasteiger partial charge in [0.15, 0.2) is 6.61 Å². The summed E-state index contributed by atoms with van der Waals surface area (Å²) in [5, 5.41) is 3.90. The SMILES string of the molecule is Cc1cc(C(=O)OCC(=O)Nc2sc3c(c2C(=O)OC(C)C)CCC(C)C3)c2ccccc2n1. The Bertz CT molecular complexity index is 1260. The van der Waals surface area contributed by atoms with Crippen LogP contribution in [0.3, 0.4) is 0 Å². The number of thiophene rings is 1. The van der Waals surface area contributed by atoms with E-state index >= 15 is 0 Å². The van der Waals surface area contributed by atoms with E-state index in [9.17, 15) is 14.4 Å². The minimum absolute atomic E-state index is 0.270. The maximum Gasteiger partial charge on any atom is 0.341 e. The highest BCUT2D eigenvalue weighted by atomic mass is 32.1. The number of hydrogen-bond acceptors (Lipinski definition) is 7. The first-order chi connectivity index (χ1) is 16.2. The van der Waals surface area contributed by atoms with Crippen LogP contribution in [0.15, 0.2) is 30.3 Å². The Balaban J connectivity index is 1.50. The lowest BCUT2D eigenvalue weighted by Crippen LogP contribution is -2.22. The van der Waals surface area contributed by atoms with Crippen molar-refractivity contribution in [3.8, 4) is 0 Å². The molecule has 4 rings (SSSR count). The quantitative estimate of drug-likeness (QED) is 0.494. The highest BCUT2D eigenvalue weighted by Crippen LogP contribution is 2.40. The number of aryl methyl sites for hydroxylation is 1. The third kappa shape index (κ3) is 5.12. The third-order valence-corrected chi connectivity index (χ3v) is 6.88. The lowest BCUT2D eigenvalue weighted by atomic mass is 9.88. The second-order valence-electron chi connectivity index (χ2n) is 8.96. The van der Waals surface area contributed by atoms with Crippen molar-refractivity contribution in [1.82, 2.24) is 4.98 Å². The van der Waals surface area contributed by atoms with Gasteiger partial charge >= 0.3 is 11.9 Å². The summed E-state index contributed by atoms with van der Waals surface area (Å²) in [4.78, 5) is 43.8. The molecule has 1 aromatic carbocycles. The minimum Gasteiger partial charge on any atom is -0.459 e. The van der Waals surface area contributed by atoms with Crippen LogP contribution in [0.2, 0.25) is 0 Å². The molecule has 1 unspecified atom stereocenters. The van der Waals surface area contributed by atoms with Crippen molar-refractivity contribution in [1.29, 1.82) is 0 Å². The van der Waals surface area contributed by atoms with Crippen LogP contribution in [-0.4, -0.2) is 35.5 Å². The van der Waals surface area contributed by atoms with Gasteiger partial charge in [-0.25, -0.2) is 9.59 Å². The number of rotatable bonds is 6. The molecule has 0 spiro atoms. The fraction of sp³-hybridized carbons (Fsp3) is 0.385. The lowest BCUT2D eigenvalue weighted by molar-refractivity contribution is -0.119. The Morgan fingerprint density at radius 2 is 1.97 bits per heavy atom. The molecule has 1 amide bonds. The highest BCUT2D eigenvalue weighted by molar-refractivity contribution is 7.17. The fourth-order valence-electron chi connectivity index (χ4n) is 4.18. The molecule has 0 radical (unpaired) electrons. The molecule has 1 aliphatic rings. The van der Waals surface area contributed by atoms with Gasteiger partial charge in [-0.3, -0.25) is 9.78 Å². The summed E-state index contributed by atoms with van der Waals surface area (Å²) in [6.45, 7) is 7.10. The van der Waals surface area contributed by atoms with Crippen LogP contribution >= 0.6 is 11.3 Å². The summed E-state index contributed by atoms with van der Waals surface area (Å²) in [6, 6.07) is 8.93. The number of esters is 2. The van der Waals surface area contributed by atoms with Crippen molar-refractivity contribution in [2.24, 2.45) is 5.92 Å². The van der Waals surface area contributed by atoms with Gasteiger partial charge in [0.1, 0.15) is 5.00 Å². The molecule has 1 atom stereocenters. The number of hydrogen-bond donors (Lipinski definition) is 1. The Hall–Kier alpha value is -3.26. The van der Waals surface area contributed by atoms with Crippen LogP contribution in [0.25, 0.3) is 10.9 Å². The van der Waals surface area contributed by atoms with Crippen molar-refractivity contribution >= 4 is 45.1 Å². The molecule has 0 saturated heterocycles. The largest absolute Gasteiger partial charge is 0.459 e. The number of fused-ring (bicyclic) bond motifs is 2. The predicted molar refractivity (Wildman–Crippen MR) is 131 cm³/mol. The maximum absolute atomic E-state index is 12.8. The van der Waals surface area contributed by atoms with Crippen LogP contribution < -0.4 is 5.32 Å². The van der Waals surface area contributed by atoms with Crippen LogP contribution in [0, 0.1) is 12.8 Å². The van der Waals surface area contributed by atoms with Gasteiger partial charge in [0.05, 0.1) is 22.7 Å². The maximum atomic E-state index is 12.8. The molecule has 7 nitrogen and oxygen atoms in total. The van der Waals surface area contributed by atoms with Crippen molar-refractivity contribution in [3.05, 3.63) is 57.6 Å². The molecule has 0 bridgehead atoms.